The molecule has 0 spiro atoms. The van der Waals surface area contributed by atoms with Gasteiger partial charge in [0.1, 0.15) is 5.75 Å². The van der Waals surface area contributed by atoms with Crippen molar-refractivity contribution in [1.82, 2.24) is 4.90 Å². The van der Waals surface area contributed by atoms with Crippen molar-refractivity contribution in [2.45, 2.75) is 6.92 Å². The van der Waals surface area contributed by atoms with Gasteiger partial charge in [0.15, 0.2) is 5.17 Å². The Hall–Kier alpha value is -1.79. The highest BCUT2D eigenvalue weighted by molar-refractivity contribution is 8.18. The van der Waals surface area contributed by atoms with Gasteiger partial charge < -0.3 is 14.4 Å². The Balaban J connectivity index is 1.73. The summed E-state index contributed by atoms with van der Waals surface area (Å²) in [7, 11) is 0. The van der Waals surface area contributed by atoms with Crippen LogP contribution in [0.2, 0.25) is 0 Å². The van der Waals surface area contributed by atoms with Gasteiger partial charge in [0.05, 0.1) is 24.7 Å². The number of amides is 1. The Labute approximate surface area is 134 Å². The van der Waals surface area contributed by atoms with E-state index in [1.807, 2.05) is 37.3 Å². The highest BCUT2D eigenvalue weighted by atomic mass is 32.2. The number of rotatable bonds is 3. The number of thioether (sulfide) groups is 1. The summed E-state index contributed by atoms with van der Waals surface area (Å²) in [5.74, 6) is 0.634. The van der Waals surface area contributed by atoms with Gasteiger partial charge in [-0.15, -0.1) is 0 Å². The van der Waals surface area contributed by atoms with E-state index in [1.54, 1.807) is 0 Å². The van der Waals surface area contributed by atoms with Gasteiger partial charge in [-0.3, -0.25) is 4.79 Å². The molecule has 116 valence electrons. The number of ether oxygens (including phenoxy) is 2. The van der Waals surface area contributed by atoms with E-state index in [1.165, 1.54) is 11.8 Å². The maximum atomic E-state index is 12.1. The summed E-state index contributed by atoms with van der Waals surface area (Å²) in [5, 5.41) is 0.778. The lowest BCUT2D eigenvalue weighted by Crippen LogP contribution is -2.38. The summed E-state index contributed by atoms with van der Waals surface area (Å²) in [5.41, 5.74) is 0.945. The lowest BCUT2D eigenvalue weighted by Gasteiger charge is -2.27. The lowest BCUT2D eigenvalue weighted by atomic mass is 10.2. The molecule has 22 heavy (non-hydrogen) atoms. The summed E-state index contributed by atoms with van der Waals surface area (Å²) in [4.78, 5) is 19.0. The fourth-order valence-corrected chi connectivity index (χ4v) is 3.26. The first-order chi connectivity index (χ1) is 10.8. The summed E-state index contributed by atoms with van der Waals surface area (Å²) in [6.07, 6.45) is 1.87. The van der Waals surface area contributed by atoms with E-state index in [0.29, 0.717) is 24.7 Å². The molecule has 3 rings (SSSR count). The van der Waals surface area contributed by atoms with Gasteiger partial charge in [-0.05, 0) is 42.5 Å². The van der Waals surface area contributed by atoms with Crippen molar-refractivity contribution in [3.8, 4) is 5.75 Å². The standard InChI is InChI=1S/C16H18N2O3S/c1-2-21-13-5-3-4-12(10-13)11-14-15(19)17-16(22-14)18-6-8-20-9-7-18/h3-5,10-11H,2,6-9H2,1H3/b14-11+. The summed E-state index contributed by atoms with van der Waals surface area (Å²) in [6, 6.07) is 7.71. The van der Waals surface area contributed by atoms with Gasteiger partial charge in [0, 0.05) is 13.1 Å². The predicted octanol–water partition coefficient (Wildman–Crippen LogP) is 2.39. The zero-order valence-electron chi connectivity index (χ0n) is 12.4. The number of hydrogen-bond acceptors (Lipinski definition) is 5. The average Bonchev–Trinajstić information content (AvgIpc) is 2.90. The molecule has 0 bridgehead atoms. The van der Waals surface area contributed by atoms with E-state index >= 15 is 0 Å². The van der Waals surface area contributed by atoms with Crippen molar-refractivity contribution in [3.63, 3.8) is 0 Å². The van der Waals surface area contributed by atoms with Crippen LogP contribution in [-0.4, -0.2) is 48.9 Å². The third kappa shape index (κ3) is 3.51. The minimum atomic E-state index is -0.173. The molecule has 1 aromatic carbocycles. The molecule has 2 heterocycles. The quantitative estimate of drug-likeness (QED) is 0.801. The SMILES string of the molecule is CCOc1cccc(/C=C2/SC(N3CCOCC3)=NC2=O)c1. The van der Waals surface area contributed by atoms with Crippen LogP contribution in [0.4, 0.5) is 0 Å². The van der Waals surface area contributed by atoms with E-state index in [0.717, 1.165) is 29.6 Å². The van der Waals surface area contributed by atoms with Gasteiger partial charge >= 0.3 is 0 Å². The van der Waals surface area contributed by atoms with Gasteiger partial charge in [-0.25, -0.2) is 0 Å². The van der Waals surface area contributed by atoms with Crippen LogP contribution < -0.4 is 4.74 Å². The number of morpholine rings is 1. The zero-order chi connectivity index (χ0) is 15.4. The van der Waals surface area contributed by atoms with E-state index in [-0.39, 0.29) is 5.91 Å². The second-order valence-corrected chi connectivity index (χ2v) is 5.92. The van der Waals surface area contributed by atoms with Crippen molar-refractivity contribution < 1.29 is 14.3 Å². The Morgan fingerprint density at radius 3 is 3.00 bits per heavy atom. The van der Waals surface area contributed by atoms with Gasteiger partial charge in [-0.1, -0.05) is 12.1 Å². The summed E-state index contributed by atoms with van der Waals surface area (Å²) < 4.78 is 10.8. The molecule has 0 saturated carbocycles. The number of aliphatic imine (C=N–C) groups is 1. The van der Waals surface area contributed by atoms with Crippen molar-refractivity contribution in [2.24, 2.45) is 4.99 Å². The van der Waals surface area contributed by atoms with Crippen molar-refractivity contribution >= 4 is 28.9 Å². The normalized spacial score (nSPS) is 20.4. The third-order valence-corrected chi connectivity index (χ3v) is 4.40. The summed E-state index contributed by atoms with van der Waals surface area (Å²) >= 11 is 1.43. The van der Waals surface area contributed by atoms with E-state index in [2.05, 4.69) is 9.89 Å². The van der Waals surface area contributed by atoms with Crippen LogP contribution in [0.3, 0.4) is 0 Å². The molecule has 0 atom stereocenters. The largest absolute Gasteiger partial charge is 0.494 e. The van der Waals surface area contributed by atoms with E-state index in [4.69, 9.17) is 9.47 Å². The number of carbonyl (C=O) groups is 1. The molecule has 2 aliphatic rings. The third-order valence-electron chi connectivity index (χ3n) is 3.36. The van der Waals surface area contributed by atoms with E-state index in [9.17, 15) is 4.79 Å². The molecule has 0 aromatic heterocycles. The predicted molar refractivity (Wildman–Crippen MR) is 88.0 cm³/mol. The molecule has 2 aliphatic heterocycles. The maximum absolute atomic E-state index is 12.1. The highest BCUT2D eigenvalue weighted by Gasteiger charge is 2.27. The Morgan fingerprint density at radius 1 is 1.41 bits per heavy atom. The maximum Gasteiger partial charge on any atom is 0.286 e. The molecule has 1 fully saturated rings. The van der Waals surface area contributed by atoms with Gasteiger partial charge in [0.25, 0.3) is 5.91 Å². The smallest absolute Gasteiger partial charge is 0.286 e. The Kier molecular flexibility index (Phi) is 4.80. The molecule has 1 amide bonds. The fraction of sp³-hybridized carbons (Fsp3) is 0.375. The Morgan fingerprint density at radius 2 is 2.23 bits per heavy atom. The molecule has 6 heteroatoms. The van der Waals surface area contributed by atoms with Crippen LogP contribution in [0, 0.1) is 0 Å². The topological polar surface area (TPSA) is 51.1 Å². The Bertz CT molecular complexity index is 622. The van der Waals surface area contributed by atoms with Crippen molar-refractivity contribution in [1.29, 1.82) is 0 Å². The first-order valence-electron chi connectivity index (χ1n) is 7.34. The van der Waals surface area contributed by atoms with Crippen LogP contribution in [0.15, 0.2) is 34.2 Å². The molecule has 0 unspecified atom stereocenters. The van der Waals surface area contributed by atoms with Crippen molar-refractivity contribution in [2.75, 3.05) is 32.9 Å². The molecule has 0 aliphatic carbocycles. The van der Waals surface area contributed by atoms with Gasteiger partial charge in [0.2, 0.25) is 0 Å². The highest BCUT2D eigenvalue weighted by Crippen LogP contribution is 2.31. The second-order valence-electron chi connectivity index (χ2n) is 4.92. The minimum Gasteiger partial charge on any atom is -0.494 e. The number of hydrogen-bond donors (Lipinski definition) is 0. The van der Waals surface area contributed by atoms with Crippen LogP contribution in [-0.2, 0) is 9.53 Å². The monoisotopic (exact) mass is 318 g/mol. The van der Waals surface area contributed by atoms with Crippen LogP contribution >= 0.6 is 11.8 Å². The van der Waals surface area contributed by atoms with E-state index < -0.39 is 0 Å². The minimum absolute atomic E-state index is 0.173. The molecular formula is C16H18N2O3S. The zero-order valence-corrected chi connectivity index (χ0v) is 13.3. The molecular weight excluding hydrogens is 300 g/mol. The van der Waals surface area contributed by atoms with Crippen LogP contribution in [0.25, 0.3) is 6.08 Å². The fourth-order valence-electron chi connectivity index (χ4n) is 2.30. The first kappa shape index (κ1) is 15.1. The summed E-state index contributed by atoms with van der Waals surface area (Å²) in [6.45, 7) is 5.51. The molecule has 0 radical (unpaired) electrons. The van der Waals surface area contributed by atoms with Crippen LogP contribution in [0.5, 0.6) is 5.75 Å². The molecule has 1 aromatic rings. The number of nitrogens with zero attached hydrogens (tertiary/aromatic N) is 2. The molecule has 1 saturated heterocycles. The second kappa shape index (κ2) is 6.98. The number of amidine groups is 1. The lowest BCUT2D eigenvalue weighted by molar-refractivity contribution is -0.113. The number of benzene rings is 1. The first-order valence-corrected chi connectivity index (χ1v) is 8.16. The van der Waals surface area contributed by atoms with Crippen molar-refractivity contribution in [3.05, 3.63) is 34.7 Å². The average molecular weight is 318 g/mol. The molecule has 5 nitrogen and oxygen atoms in total. The van der Waals surface area contributed by atoms with Gasteiger partial charge in [-0.2, -0.15) is 4.99 Å². The molecule has 0 N–H and O–H groups in total. The number of carbonyl (C=O) groups excluding carboxylic acids is 1. The van der Waals surface area contributed by atoms with Crippen LogP contribution in [0.1, 0.15) is 12.5 Å².